The molecule has 3 rings (SSSR count). The van der Waals surface area contributed by atoms with E-state index in [4.69, 9.17) is 0 Å². The third kappa shape index (κ3) is 9.31. The molecule has 0 radical (unpaired) electrons. The van der Waals surface area contributed by atoms with Crippen molar-refractivity contribution in [2.24, 2.45) is 20.4 Å². The van der Waals surface area contributed by atoms with Crippen molar-refractivity contribution >= 4 is 54.9 Å². The Morgan fingerprint density at radius 3 is 2.17 bits per heavy atom. The largest absolute Gasteiger partial charge is 0.726 e. The van der Waals surface area contributed by atoms with E-state index in [0.717, 1.165) is 37.0 Å². The van der Waals surface area contributed by atoms with Crippen LogP contribution >= 0.6 is 0 Å². The SMILES string of the molecule is CC1=NN(c2ccc(N=NC3=[N+](C)N=C(N(C(C)C)C(C)C)C3)c(NS(C)(=O)=O)c2)C(C)(C)C1.COS(=O)(=O)[O-]. The number of hydrazone groups is 2. The highest BCUT2D eigenvalue weighted by molar-refractivity contribution is 7.92. The van der Waals surface area contributed by atoms with Crippen molar-refractivity contribution in [1.29, 1.82) is 0 Å². The number of benzene rings is 1. The lowest BCUT2D eigenvalue weighted by Gasteiger charge is -2.31. The van der Waals surface area contributed by atoms with Gasteiger partial charge in [0.1, 0.15) is 19.2 Å². The summed E-state index contributed by atoms with van der Waals surface area (Å²) in [7, 11) is -5.28. The van der Waals surface area contributed by atoms with Crippen molar-refractivity contribution in [3.05, 3.63) is 18.2 Å². The summed E-state index contributed by atoms with van der Waals surface area (Å²) in [6.07, 6.45) is 2.51. The predicted octanol–water partition coefficient (Wildman–Crippen LogP) is 3.48. The van der Waals surface area contributed by atoms with Gasteiger partial charge in [0.2, 0.25) is 20.4 Å². The summed E-state index contributed by atoms with van der Waals surface area (Å²) in [5, 5.41) is 20.0. The van der Waals surface area contributed by atoms with Crippen LogP contribution in [-0.2, 0) is 24.6 Å². The second-order valence-corrected chi connectivity index (χ2v) is 13.6. The number of amidine groups is 2. The number of nitrogens with one attached hydrogen (secondary N) is 1. The van der Waals surface area contributed by atoms with Gasteiger partial charge in [-0.3, -0.25) is 13.9 Å². The smallest absolute Gasteiger partial charge is 0.354 e. The molecule has 1 aromatic carbocycles. The molecule has 0 saturated carbocycles. The molecule has 14 nitrogen and oxygen atoms in total. The fourth-order valence-electron chi connectivity index (χ4n) is 4.54. The van der Waals surface area contributed by atoms with Crippen LogP contribution in [0.15, 0.2) is 38.6 Å². The van der Waals surface area contributed by atoms with E-state index < -0.39 is 20.4 Å². The Kier molecular flexibility index (Phi) is 10.6. The monoisotopic (exact) mass is 600 g/mol. The van der Waals surface area contributed by atoms with Gasteiger partial charge in [-0.25, -0.2) is 16.8 Å². The molecule has 16 heteroatoms. The maximum Gasteiger partial charge on any atom is 0.354 e. The molecule has 224 valence electrons. The van der Waals surface area contributed by atoms with E-state index in [1.807, 2.05) is 25.0 Å². The first-order chi connectivity index (χ1) is 18.2. The van der Waals surface area contributed by atoms with Gasteiger partial charge in [-0.2, -0.15) is 5.10 Å². The van der Waals surface area contributed by atoms with Crippen LogP contribution in [0.4, 0.5) is 17.1 Å². The minimum atomic E-state index is -4.41. The van der Waals surface area contributed by atoms with Gasteiger partial charge in [0.15, 0.2) is 5.84 Å². The summed E-state index contributed by atoms with van der Waals surface area (Å²) >= 11 is 0. The number of rotatable bonds is 7. The lowest BCUT2D eigenvalue weighted by Crippen LogP contribution is -2.41. The van der Waals surface area contributed by atoms with Crippen LogP contribution < -0.4 is 9.73 Å². The third-order valence-electron chi connectivity index (χ3n) is 5.90. The van der Waals surface area contributed by atoms with E-state index in [0.29, 0.717) is 35.7 Å². The number of nitrogens with zero attached hydrogens (tertiary/aromatic N) is 7. The molecule has 0 spiro atoms. The van der Waals surface area contributed by atoms with E-state index >= 15 is 0 Å². The zero-order valence-electron chi connectivity index (χ0n) is 24.7. The molecular weight excluding hydrogens is 560 g/mol. The maximum atomic E-state index is 12.1. The lowest BCUT2D eigenvalue weighted by molar-refractivity contribution is -0.500. The summed E-state index contributed by atoms with van der Waals surface area (Å²) in [4.78, 5) is 2.25. The molecule has 0 fully saturated rings. The summed E-state index contributed by atoms with van der Waals surface area (Å²) in [6, 6.07) is 6.02. The Morgan fingerprint density at radius 2 is 1.73 bits per heavy atom. The zero-order chi connectivity index (χ0) is 30.6. The van der Waals surface area contributed by atoms with Gasteiger partial charge < -0.3 is 9.45 Å². The second-order valence-electron chi connectivity index (χ2n) is 10.7. The topological polar surface area (TPSA) is 172 Å². The van der Waals surface area contributed by atoms with Crippen molar-refractivity contribution in [3.63, 3.8) is 0 Å². The molecule has 0 unspecified atom stereocenters. The van der Waals surface area contributed by atoms with Crippen LogP contribution in [0.25, 0.3) is 0 Å². The molecule has 1 N–H and O–H groups in total. The van der Waals surface area contributed by atoms with Gasteiger partial charge >= 0.3 is 5.84 Å². The molecule has 0 aromatic heterocycles. The zero-order valence-corrected chi connectivity index (χ0v) is 26.3. The normalized spacial score (nSPS) is 17.4. The first kappa shape index (κ1) is 33.3. The Bertz CT molecular complexity index is 1420. The molecule has 0 bridgehead atoms. The average molecular weight is 601 g/mol. The van der Waals surface area contributed by atoms with Gasteiger partial charge in [0.05, 0.1) is 35.4 Å². The average Bonchev–Trinajstić information content (AvgIpc) is 3.27. The molecule has 1 aromatic rings. The summed E-state index contributed by atoms with van der Waals surface area (Å²) < 4.78 is 59.4. The molecule has 0 aliphatic carbocycles. The van der Waals surface area contributed by atoms with Gasteiger partial charge in [0, 0.05) is 24.2 Å². The van der Waals surface area contributed by atoms with Crippen molar-refractivity contribution in [2.45, 2.75) is 78.9 Å². The molecule has 2 aliphatic heterocycles. The highest BCUT2D eigenvalue weighted by Gasteiger charge is 2.34. The molecular formula is C24H40N8O6S2. The second kappa shape index (κ2) is 12.7. The number of azo groups is 1. The fourth-order valence-corrected chi connectivity index (χ4v) is 5.11. The van der Waals surface area contributed by atoms with Crippen LogP contribution in [0.1, 0.15) is 61.3 Å². The summed E-state index contributed by atoms with van der Waals surface area (Å²) in [6.45, 7) is 14.8. The van der Waals surface area contributed by atoms with Crippen LogP contribution in [0, 0.1) is 0 Å². The lowest BCUT2D eigenvalue weighted by atomic mass is 9.98. The maximum absolute atomic E-state index is 12.1. The predicted molar refractivity (Wildman–Crippen MR) is 156 cm³/mol. The Morgan fingerprint density at radius 1 is 1.15 bits per heavy atom. The van der Waals surface area contributed by atoms with E-state index in [-0.39, 0.29) is 5.54 Å². The van der Waals surface area contributed by atoms with Crippen LogP contribution in [0.3, 0.4) is 0 Å². The highest BCUT2D eigenvalue weighted by Crippen LogP contribution is 2.37. The summed E-state index contributed by atoms with van der Waals surface area (Å²) in [5.41, 5.74) is 2.38. The van der Waals surface area contributed by atoms with E-state index in [9.17, 15) is 21.4 Å². The Labute approximate surface area is 237 Å². The molecule has 40 heavy (non-hydrogen) atoms. The first-order valence-electron chi connectivity index (χ1n) is 12.6. The standard InChI is InChI=1S/C23H36N8O2S.CH4O4S/c1-15(2)30(16(3)4)22-13-21(29(8)27-22)25-24-19-11-10-18(12-20(19)28-34(9,32)33)31-23(6,7)14-17(5)26-31;1-5-6(2,3)4/h10-12,15-16H,13-14H2,1-9H3;1H3,(H,2,3,4). The van der Waals surface area contributed by atoms with Crippen molar-refractivity contribution in [3.8, 4) is 0 Å². The van der Waals surface area contributed by atoms with Gasteiger partial charge in [-0.05, 0) is 71.8 Å². The van der Waals surface area contributed by atoms with Gasteiger partial charge in [-0.15, -0.1) is 4.68 Å². The van der Waals surface area contributed by atoms with E-state index in [1.54, 1.807) is 16.8 Å². The first-order valence-corrected chi connectivity index (χ1v) is 15.8. The number of anilines is 2. The number of sulfonamides is 1. The number of hydrogen-bond donors (Lipinski definition) is 1. The Balaban J connectivity index is 0.000000840. The highest BCUT2D eigenvalue weighted by atomic mass is 32.3. The molecule has 2 aliphatic rings. The molecule has 0 saturated heterocycles. The quantitative estimate of drug-likeness (QED) is 0.214. The van der Waals surface area contributed by atoms with Crippen LogP contribution in [0.2, 0.25) is 0 Å². The van der Waals surface area contributed by atoms with Crippen molar-refractivity contribution in [1.82, 2.24) is 4.90 Å². The van der Waals surface area contributed by atoms with E-state index in [1.165, 1.54) is 0 Å². The minimum absolute atomic E-state index is 0.204. The summed E-state index contributed by atoms with van der Waals surface area (Å²) in [5.74, 6) is 1.63. The van der Waals surface area contributed by atoms with E-state index in [2.05, 4.69) is 75.8 Å². The molecule has 2 heterocycles. The van der Waals surface area contributed by atoms with Gasteiger partial charge in [0.25, 0.3) is 0 Å². The van der Waals surface area contributed by atoms with Crippen LogP contribution in [0.5, 0.6) is 0 Å². The molecule has 0 atom stereocenters. The third-order valence-corrected chi connectivity index (χ3v) is 6.89. The minimum Gasteiger partial charge on any atom is -0.726 e. The van der Waals surface area contributed by atoms with Crippen LogP contribution in [-0.4, -0.2) is 86.4 Å². The fraction of sp³-hybridized carbons (Fsp3) is 0.625. The molecule has 0 amide bonds. The van der Waals surface area contributed by atoms with Gasteiger partial charge in [-0.1, -0.05) is 5.10 Å². The Hall–Kier alpha value is -2.95. The number of hydrogen-bond acceptors (Lipinski definition) is 12. The van der Waals surface area contributed by atoms with Crippen molar-refractivity contribution < 1.29 is 30.3 Å². The van der Waals surface area contributed by atoms with Crippen molar-refractivity contribution in [2.75, 3.05) is 30.1 Å².